The van der Waals surface area contributed by atoms with E-state index in [0.717, 1.165) is 27.9 Å². The first-order valence-corrected chi connectivity index (χ1v) is 6.69. The summed E-state index contributed by atoms with van der Waals surface area (Å²) in [7, 11) is 0. The maximum Gasteiger partial charge on any atom is 0.132 e. The largest absolute Gasteiger partial charge is 0.380 e. The van der Waals surface area contributed by atoms with Crippen LogP contribution in [0.5, 0.6) is 0 Å². The van der Waals surface area contributed by atoms with Gasteiger partial charge >= 0.3 is 0 Å². The standard InChI is InChI=1S/C15H11BrF2N2/c1-9-12(16)3-2-4-15(9)20-8-11-13(17)5-10(7-19)6-14(11)18/h2-6,20H,8H2,1H3. The Kier molecular flexibility index (Phi) is 4.35. The minimum Gasteiger partial charge on any atom is -0.380 e. The van der Waals surface area contributed by atoms with Crippen LogP contribution < -0.4 is 5.32 Å². The Morgan fingerprint density at radius 2 is 1.90 bits per heavy atom. The molecule has 0 aliphatic heterocycles. The minimum absolute atomic E-state index is 0.0146. The lowest BCUT2D eigenvalue weighted by atomic mass is 10.1. The first kappa shape index (κ1) is 14.5. The highest BCUT2D eigenvalue weighted by molar-refractivity contribution is 9.10. The Balaban J connectivity index is 2.24. The van der Waals surface area contributed by atoms with Crippen LogP contribution in [0.1, 0.15) is 16.7 Å². The van der Waals surface area contributed by atoms with Crippen LogP contribution in [-0.2, 0) is 6.54 Å². The molecule has 2 aromatic rings. The van der Waals surface area contributed by atoms with E-state index in [1.54, 1.807) is 6.07 Å². The molecule has 20 heavy (non-hydrogen) atoms. The minimum atomic E-state index is -0.721. The number of hydrogen-bond acceptors (Lipinski definition) is 2. The average Bonchev–Trinajstić information content (AvgIpc) is 2.42. The molecule has 0 spiro atoms. The molecule has 0 amide bonds. The SMILES string of the molecule is Cc1c(Br)cccc1NCc1c(F)cc(C#N)cc1F. The number of halogens is 3. The molecule has 5 heteroatoms. The van der Waals surface area contributed by atoms with Gasteiger partial charge in [-0.15, -0.1) is 0 Å². The molecule has 0 aliphatic carbocycles. The second-order valence-corrected chi connectivity index (χ2v) is 5.15. The molecular formula is C15H11BrF2N2. The molecule has 1 N–H and O–H groups in total. The third kappa shape index (κ3) is 2.97. The van der Waals surface area contributed by atoms with Gasteiger partial charge in [-0.05, 0) is 36.8 Å². The monoisotopic (exact) mass is 336 g/mol. The van der Waals surface area contributed by atoms with Crippen molar-refractivity contribution in [3.63, 3.8) is 0 Å². The number of rotatable bonds is 3. The molecule has 0 atom stereocenters. The van der Waals surface area contributed by atoms with E-state index in [1.165, 1.54) is 0 Å². The predicted octanol–water partition coefficient (Wildman–Crippen LogP) is 4.52. The lowest BCUT2D eigenvalue weighted by molar-refractivity contribution is 0.559. The Labute approximate surface area is 124 Å². The van der Waals surface area contributed by atoms with E-state index in [9.17, 15) is 8.78 Å². The smallest absolute Gasteiger partial charge is 0.132 e. The van der Waals surface area contributed by atoms with Crippen molar-refractivity contribution in [3.8, 4) is 6.07 Å². The van der Waals surface area contributed by atoms with Gasteiger partial charge in [0.15, 0.2) is 0 Å². The number of nitriles is 1. The third-order valence-corrected chi connectivity index (χ3v) is 3.85. The number of nitrogens with zero attached hydrogens (tertiary/aromatic N) is 1. The van der Waals surface area contributed by atoms with Crippen LogP contribution in [0.15, 0.2) is 34.8 Å². The molecule has 102 valence electrons. The average molecular weight is 337 g/mol. The lowest BCUT2D eigenvalue weighted by Crippen LogP contribution is -2.06. The van der Waals surface area contributed by atoms with Gasteiger partial charge in [0.25, 0.3) is 0 Å². The first-order chi connectivity index (χ1) is 9.52. The molecule has 0 aromatic heterocycles. The van der Waals surface area contributed by atoms with E-state index in [-0.39, 0.29) is 17.7 Å². The Morgan fingerprint density at radius 3 is 2.50 bits per heavy atom. The van der Waals surface area contributed by atoms with E-state index < -0.39 is 11.6 Å². The molecule has 0 fully saturated rings. The highest BCUT2D eigenvalue weighted by Crippen LogP contribution is 2.24. The summed E-state index contributed by atoms with van der Waals surface area (Å²) in [6.07, 6.45) is 0. The summed E-state index contributed by atoms with van der Waals surface area (Å²) in [5, 5.41) is 11.6. The van der Waals surface area contributed by atoms with Crippen LogP contribution >= 0.6 is 15.9 Å². The van der Waals surface area contributed by atoms with Crippen molar-refractivity contribution in [3.05, 3.63) is 63.1 Å². The van der Waals surface area contributed by atoms with Gasteiger partial charge in [-0.1, -0.05) is 22.0 Å². The van der Waals surface area contributed by atoms with Crippen LogP contribution in [0.25, 0.3) is 0 Å². The summed E-state index contributed by atoms with van der Waals surface area (Å²) in [5.74, 6) is -1.44. The van der Waals surface area contributed by atoms with Crippen molar-refractivity contribution in [2.75, 3.05) is 5.32 Å². The van der Waals surface area contributed by atoms with E-state index in [2.05, 4.69) is 21.2 Å². The van der Waals surface area contributed by atoms with Crippen LogP contribution in [0.2, 0.25) is 0 Å². The van der Waals surface area contributed by atoms with E-state index in [0.29, 0.717) is 0 Å². The van der Waals surface area contributed by atoms with Gasteiger partial charge in [0.2, 0.25) is 0 Å². The second-order valence-electron chi connectivity index (χ2n) is 4.30. The van der Waals surface area contributed by atoms with Crippen LogP contribution in [0.3, 0.4) is 0 Å². The number of benzene rings is 2. The van der Waals surface area contributed by atoms with Crippen molar-refractivity contribution < 1.29 is 8.78 Å². The summed E-state index contributed by atoms with van der Waals surface area (Å²) in [5.41, 5.74) is 1.65. The second kappa shape index (κ2) is 6.02. The zero-order chi connectivity index (χ0) is 14.7. The predicted molar refractivity (Wildman–Crippen MR) is 77.3 cm³/mol. The molecular weight excluding hydrogens is 326 g/mol. The topological polar surface area (TPSA) is 35.8 Å². The van der Waals surface area contributed by atoms with Gasteiger partial charge in [-0.3, -0.25) is 0 Å². The van der Waals surface area contributed by atoms with Crippen LogP contribution in [0.4, 0.5) is 14.5 Å². The van der Waals surface area contributed by atoms with Crippen molar-refractivity contribution in [1.29, 1.82) is 5.26 Å². The van der Waals surface area contributed by atoms with E-state index in [1.807, 2.05) is 25.1 Å². The Morgan fingerprint density at radius 1 is 1.25 bits per heavy atom. The Bertz CT molecular complexity index is 670. The molecule has 2 rings (SSSR count). The fourth-order valence-corrected chi connectivity index (χ4v) is 2.19. The molecule has 0 unspecified atom stereocenters. The van der Waals surface area contributed by atoms with Crippen molar-refractivity contribution >= 4 is 21.6 Å². The van der Waals surface area contributed by atoms with Crippen LogP contribution in [-0.4, -0.2) is 0 Å². The van der Waals surface area contributed by atoms with Crippen molar-refractivity contribution in [2.45, 2.75) is 13.5 Å². The van der Waals surface area contributed by atoms with E-state index in [4.69, 9.17) is 5.26 Å². The maximum absolute atomic E-state index is 13.7. The number of hydrogen-bond donors (Lipinski definition) is 1. The highest BCUT2D eigenvalue weighted by Gasteiger charge is 2.11. The van der Waals surface area contributed by atoms with Gasteiger partial charge in [-0.2, -0.15) is 5.26 Å². The highest BCUT2D eigenvalue weighted by atomic mass is 79.9. The molecule has 0 aliphatic rings. The van der Waals surface area contributed by atoms with Gasteiger partial charge in [0, 0.05) is 22.3 Å². The van der Waals surface area contributed by atoms with Crippen molar-refractivity contribution in [2.24, 2.45) is 0 Å². The van der Waals surface area contributed by atoms with Gasteiger partial charge < -0.3 is 5.32 Å². The van der Waals surface area contributed by atoms with Crippen LogP contribution in [0, 0.1) is 29.9 Å². The zero-order valence-electron chi connectivity index (χ0n) is 10.7. The fourth-order valence-electron chi connectivity index (χ4n) is 1.82. The third-order valence-electron chi connectivity index (χ3n) is 2.99. The molecule has 0 saturated carbocycles. The number of anilines is 1. The summed E-state index contributed by atoms with van der Waals surface area (Å²) >= 11 is 3.40. The van der Waals surface area contributed by atoms with Gasteiger partial charge in [-0.25, -0.2) is 8.78 Å². The maximum atomic E-state index is 13.7. The fraction of sp³-hybridized carbons (Fsp3) is 0.133. The molecule has 0 saturated heterocycles. The summed E-state index contributed by atoms with van der Waals surface area (Å²) in [6.45, 7) is 1.92. The lowest BCUT2D eigenvalue weighted by Gasteiger charge is -2.12. The molecule has 0 heterocycles. The molecule has 2 nitrogen and oxygen atoms in total. The zero-order valence-corrected chi connectivity index (χ0v) is 12.3. The van der Waals surface area contributed by atoms with Crippen molar-refractivity contribution in [1.82, 2.24) is 0 Å². The summed E-state index contributed by atoms with van der Waals surface area (Å²) in [4.78, 5) is 0. The number of nitrogens with one attached hydrogen (secondary N) is 1. The summed E-state index contributed by atoms with van der Waals surface area (Å²) in [6, 6.07) is 9.35. The first-order valence-electron chi connectivity index (χ1n) is 5.90. The van der Waals surface area contributed by atoms with E-state index >= 15 is 0 Å². The quantitative estimate of drug-likeness (QED) is 0.894. The Hall–Kier alpha value is -1.93. The summed E-state index contributed by atoms with van der Waals surface area (Å²) < 4.78 is 28.4. The molecule has 0 radical (unpaired) electrons. The molecule has 2 aromatic carbocycles. The van der Waals surface area contributed by atoms with Gasteiger partial charge in [0.1, 0.15) is 11.6 Å². The van der Waals surface area contributed by atoms with Gasteiger partial charge in [0.05, 0.1) is 11.6 Å². The normalized spacial score (nSPS) is 10.2. The molecule has 0 bridgehead atoms.